The van der Waals surface area contributed by atoms with Crippen LogP contribution in [0.2, 0.25) is 5.02 Å². The Hall–Kier alpha value is -1.27. The molecule has 2 aliphatic rings. The van der Waals surface area contributed by atoms with E-state index < -0.39 is 0 Å². The highest BCUT2D eigenvalue weighted by Gasteiger charge is 2.40. The first kappa shape index (κ1) is 14.7. The van der Waals surface area contributed by atoms with Gasteiger partial charge in [0.25, 0.3) is 5.91 Å². The molecule has 1 saturated heterocycles. The van der Waals surface area contributed by atoms with E-state index in [9.17, 15) is 9.59 Å². The zero-order valence-corrected chi connectivity index (χ0v) is 13.5. The van der Waals surface area contributed by atoms with Gasteiger partial charge in [-0.2, -0.15) is 0 Å². The van der Waals surface area contributed by atoms with Crippen molar-refractivity contribution in [1.82, 2.24) is 10.2 Å². The molecule has 1 aliphatic carbocycles. The van der Waals surface area contributed by atoms with Gasteiger partial charge >= 0.3 is 6.09 Å². The molecule has 2 fully saturated rings. The molecule has 0 bridgehead atoms. The molecular weight excluding hydrogens is 360 g/mol. The van der Waals surface area contributed by atoms with Crippen molar-refractivity contribution in [3.63, 3.8) is 0 Å². The molecule has 112 valence electrons. The number of benzene rings is 1. The molecule has 0 radical (unpaired) electrons. The molecular formula is C14H14BrClN2O3. The fraction of sp³-hybridized carbons (Fsp3) is 0.429. The Morgan fingerprint density at radius 3 is 2.90 bits per heavy atom. The van der Waals surface area contributed by atoms with Gasteiger partial charge in [-0.05, 0) is 47.0 Å². The Labute approximate surface area is 135 Å². The number of rotatable bonds is 4. The van der Waals surface area contributed by atoms with Crippen LogP contribution in [0, 0.1) is 0 Å². The fourth-order valence-electron chi connectivity index (χ4n) is 2.28. The molecule has 21 heavy (non-hydrogen) atoms. The van der Waals surface area contributed by atoms with E-state index in [1.54, 1.807) is 23.1 Å². The molecule has 1 heterocycles. The van der Waals surface area contributed by atoms with Crippen molar-refractivity contribution in [1.29, 1.82) is 0 Å². The van der Waals surface area contributed by atoms with Crippen molar-refractivity contribution in [3.8, 4) is 0 Å². The molecule has 7 heteroatoms. The first-order valence-corrected chi connectivity index (χ1v) is 7.92. The van der Waals surface area contributed by atoms with Crippen molar-refractivity contribution in [2.24, 2.45) is 0 Å². The Bertz CT molecular complexity index is 592. The van der Waals surface area contributed by atoms with Crippen LogP contribution in [0.25, 0.3) is 0 Å². The quantitative estimate of drug-likeness (QED) is 0.883. The fourth-order valence-corrected chi connectivity index (χ4v) is 2.77. The molecule has 2 amide bonds. The maximum Gasteiger partial charge on any atom is 0.410 e. The van der Waals surface area contributed by atoms with Gasteiger partial charge in [0.15, 0.2) is 0 Å². The van der Waals surface area contributed by atoms with Gasteiger partial charge in [-0.15, -0.1) is 0 Å². The SMILES string of the molecule is O=C(NCC1CN(C2CC2)C(=O)O1)c1ccc(Cl)c(Br)c1. The van der Waals surface area contributed by atoms with Crippen molar-refractivity contribution in [2.45, 2.75) is 25.0 Å². The minimum absolute atomic E-state index is 0.215. The number of amides is 2. The van der Waals surface area contributed by atoms with Gasteiger partial charge in [-0.1, -0.05) is 11.6 Å². The van der Waals surface area contributed by atoms with Gasteiger partial charge in [0.05, 0.1) is 18.1 Å². The Kier molecular flexibility index (Phi) is 4.08. The molecule has 1 aliphatic heterocycles. The summed E-state index contributed by atoms with van der Waals surface area (Å²) in [6.07, 6.45) is 1.55. The summed E-state index contributed by atoms with van der Waals surface area (Å²) in [6, 6.07) is 5.31. The number of ether oxygens (including phenoxy) is 1. The summed E-state index contributed by atoms with van der Waals surface area (Å²) in [7, 11) is 0. The van der Waals surface area contributed by atoms with Crippen molar-refractivity contribution >= 4 is 39.5 Å². The van der Waals surface area contributed by atoms with E-state index in [0.29, 0.717) is 34.2 Å². The third-order valence-electron chi connectivity index (χ3n) is 3.56. The third-order valence-corrected chi connectivity index (χ3v) is 4.78. The first-order chi connectivity index (χ1) is 10.0. The molecule has 0 spiro atoms. The average molecular weight is 374 g/mol. The highest BCUT2D eigenvalue weighted by Crippen LogP contribution is 2.30. The van der Waals surface area contributed by atoms with Crippen LogP contribution in [-0.2, 0) is 4.74 Å². The maximum absolute atomic E-state index is 12.0. The lowest BCUT2D eigenvalue weighted by Crippen LogP contribution is -2.35. The summed E-state index contributed by atoms with van der Waals surface area (Å²) in [5.74, 6) is -0.215. The molecule has 5 nitrogen and oxygen atoms in total. The Balaban J connectivity index is 1.54. The van der Waals surface area contributed by atoms with Crippen LogP contribution in [0.15, 0.2) is 22.7 Å². The van der Waals surface area contributed by atoms with Crippen LogP contribution in [-0.4, -0.2) is 42.1 Å². The average Bonchev–Trinajstić information content (AvgIpc) is 3.23. The van der Waals surface area contributed by atoms with Crippen LogP contribution in [0.1, 0.15) is 23.2 Å². The number of hydrogen-bond acceptors (Lipinski definition) is 3. The van der Waals surface area contributed by atoms with Crippen LogP contribution in [0.5, 0.6) is 0 Å². The van der Waals surface area contributed by atoms with Gasteiger partial charge in [0.2, 0.25) is 0 Å². The van der Waals surface area contributed by atoms with Gasteiger partial charge in [0, 0.05) is 16.1 Å². The second-order valence-electron chi connectivity index (χ2n) is 5.23. The minimum atomic E-state index is -0.280. The molecule has 1 atom stereocenters. The summed E-state index contributed by atoms with van der Waals surface area (Å²) in [6.45, 7) is 0.863. The van der Waals surface area contributed by atoms with E-state index in [4.69, 9.17) is 16.3 Å². The van der Waals surface area contributed by atoms with Crippen LogP contribution >= 0.6 is 27.5 Å². The largest absolute Gasteiger partial charge is 0.442 e. The van der Waals surface area contributed by atoms with E-state index in [2.05, 4.69) is 21.2 Å². The molecule has 1 aromatic rings. The third kappa shape index (κ3) is 3.32. The summed E-state index contributed by atoms with van der Waals surface area (Å²) < 4.78 is 5.92. The Morgan fingerprint density at radius 2 is 2.24 bits per heavy atom. The Morgan fingerprint density at radius 1 is 1.48 bits per heavy atom. The highest BCUT2D eigenvalue weighted by molar-refractivity contribution is 9.10. The minimum Gasteiger partial charge on any atom is -0.442 e. The predicted octanol–water partition coefficient (Wildman–Crippen LogP) is 2.82. The van der Waals surface area contributed by atoms with Crippen LogP contribution in [0.4, 0.5) is 4.79 Å². The number of nitrogens with one attached hydrogen (secondary N) is 1. The standard InChI is InChI=1S/C14H14BrClN2O3/c15-11-5-8(1-4-12(11)16)13(19)17-6-10-7-18(9-2-3-9)14(20)21-10/h1,4-5,9-10H,2-3,6-7H2,(H,17,19). The van der Waals surface area contributed by atoms with E-state index in [1.165, 1.54) is 0 Å². The molecule has 1 saturated carbocycles. The monoisotopic (exact) mass is 372 g/mol. The van der Waals surface area contributed by atoms with Gasteiger partial charge < -0.3 is 15.0 Å². The second kappa shape index (κ2) is 5.85. The zero-order valence-electron chi connectivity index (χ0n) is 11.1. The van der Waals surface area contributed by atoms with Crippen molar-refractivity contribution < 1.29 is 14.3 Å². The second-order valence-corrected chi connectivity index (χ2v) is 6.49. The maximum atomic E-state index is 12.0. The lowest BCUT2D eigenvalue weighted by Gasteiger charge is -2.11. The first-order valence-electron chi connectivity index (χ1n) is 6.75. The number of carbonyl (C=O) groups excluding carboxylic acids is 2. The lowest BCUT2D eigenvalue weighted by molar-refractivity contribution is 0.0914. The number of hydrogen-bond donors (Lipinski definition) is 1. The molecule has 1 unspecified atom stereocenters. The van der Waals surface area contributed by atoms with E-state index in [1.807, 2.05) is 0 Å². The molecule has 3 rings (SSSR count). The van der Waals surface area contributed by atoms with Gasteiger partial charge in [0.1, 0.15) is 6.10 Å². The predicted molar refractivity (Wildman–Crippen MR) is 81.5 cm³/mol. The van der Waals surface area contributed by atoms with Crippen molar-refractivity contribution in [2.75, 3.05) is 13.1 Å². The number of carbonyl (C=O) groups is 2. The molecule has 1 N–H and O–H groups in total. The molecule has 1 aromatic carbocycles. The summed E-state index contributed by atoms with van der Waals surface area (Å²) in [5, 5.41) is 3.33. The van der Waals surface area contributed by atoms with E-state index in [-0.39, 0.29) is 18.1 Å². The topological polar surface area (TPSA) is 58.6 Å². The summed E-state index contributed by atoms with van der Waals surface area (Å²) in [5.41, 5.74) is 0.509. The van der Waals surface area contributed by atoms with Crippen LogP contribution < -0.4 is 5.32 Å². The smallest absolute Gasteiger partial charge is 0.410 e. The number of cyclic esters (lactones) is 1. The summed E-state index contributed by atoms with van der Waals surface area (Å²) in [4.78, 5) is 25.4. The summed E-state index contributed by atoms with van der Waals surface area (Å²) >= 11 is 9.17. The molecule has 0 aromatic heterocycles. The highest BCUT2D eigenvalue weighted by atomic mass is 79.9. The zero-order chi connectivity index (χ0) is 15.0. The van der Waals surface area contributed by atoms with Crippen LogP contribution in [0.3, 0.4) is 0 Å². The van der Waals surface area contributed by atoms with E-state index >= 15 is 0 Å². The van der Waals surface area contributed by atoms with Gasteiger partial charge in [-0.25, -0.2) is 4.79 Å². The van der Waals surface area contributed by atoms with E-state index in [0.717, 1.165) is 12.8 Å². The lowest BCUT2D eigenvalue weighted by atomic mass is 10.2. The van der Waals surface area contributed by atoms with Gasteiger partial charge in [-0.3, -0.25) is 4.79 Å². The number of nitrogens with zero attached hydrogens (tertiary/aromatic N) is 1. The number of halogens is 2. The normalized spacial score (nSPS) is 21.3. The van der Waals surface area contributed by atoms with Crippen molar-refractivity contribution in [3.05, 3.63) is 33.3 Å².